The maximum absolute atomic E-state index is 6.10. The zero-order chi connectivity index (χ0) is 25.4. The molecule has 0 unspecified atom stereocenters. The number of hydrogen-bond donors (Lipinski definition) is 0. The molecule has 7 rings (SSSR count). The van der Waals surface area contributed by atoms with Crippen molar-refractivity contribution in [3.8, 4) is 22.5 Å². The number of furan rings is 1. The molecular weight excluding hydrogens is 667 g/mol. The van der Waals surface area contributed by atoms with Gasteiger partial charge in [0.2, 0.25) is 5.71 Å². The van der Waals surface area contributed by atoms with E-state index < -0.39 is 0 Å². The van der Waals surface area contributed by atoms with Gasteiger partial charge < -0.3 is 14.4 Å². The number of rotatable bonds is 2. The van der Waals surface area contributed by atoms with Crippen molar-refractivity contribution in [1.29, 1.82) is 0 Å². The van der Waals surface area contributed by atoms with Crippen molar-refractivity contribution in [1.82, 2.24) is 15.0 Å². The number of hydrogen-bond acceptors (Lipinski definition) is 5. The Balaban J connectivity index is 0.000000179. The molecule has 0 fully saturated rings. The van der Waals surface area contributed by atoms with Crippen molar-refractivity contribution in [3.63, 3.8) is 0 Å². The van der Waals surface area contributed by atoms with E-state index in [1.165, 1.54) is 15.1 Å². The van der Waals surface area contributed by atoms with E-state index in [-0.39, 0.29) is 20.1 Å². The first-order valence-electron chi connectivity index (χ1n) is 12.0. The van der Waals surface area contributed by atoms with Crippen molar-refractivity contribution in [2.24, 2.45) is 0 Å². The molecule has 0 aliphatic carbocycles. The molecule has 4 nitrogen and oxygen atoms in total. The number of aromatic nitrogens is 3. The van der Waals surface area contributed by atoms with Crippen molar-refractivity contribution >= 4 is 43.5 Å². The third-order valence-corrected chi connectivity index (χ3v) is 7.16. The van der Waals surface area contributed by atoms with Crippen LogP contribution in [0.25, 0.3) is 54.7 Å². The Morgan fingerprint density at radius 3 is 2.50 bits per heavy atom. The quantitative estimate of drug-likeness (QED) is 0.171. The molecule has 2 aromatic carbocycles. The summed E-state index contributed by atoms with van der Waals surface area (Å²) < 4.78 is 7.33. The second-order valence-electron chi connectivity index (χ2n) is 8.93. The Hall–Kier alpha value is -3.70. The van der Waals surface area contributed by atoms with E-state index in [4.69, 9.17) is 4.42 Å². The average molecular weight is 690 g/mol. The molecule has 0 saturated heterocycles. The molecule has 6 heteroatoms. The van der Waals surface area contributed by atoms with Gasteiger partial charge in [-0.15, -0.1) is 65.4 Å². The third-order valence-electron chi connectivity index (χ3n) is 6.14. The van der Waals surface area contributed by atoms with Gasteiger partial charge >= 0.3 is 0 Å². The molecule has 0 aliphatic heterocycles. The van der Waals surface area contributed by atoms with Crippen LogP contribution >= 0.6 is 11.3 Å². The Kier molecular flexibility index (Phi) is 7.48. The van der Waals surface area contributed by atoms with Crippen LogP contribution in [0.3, 0.4) is 0 Å². The molecule has 38 heavy (non-hydrogen) atoms. The van der Waals surface area contributed by atoms with Gasteiger partial charge in [0, 0.05) is 58.9 Å². The van der Waals surface area contributed by atoms with E-state index in [1.807, 2.05) is 74.8 Å². The van der Waals surface area contributed by atoms with Crippen LogP contribution in [0.1, 0.15) is 16.1 Å². The van der Waals surface area contributed by atoms with Gasteiger partial charge in [-0.05, 0) is 61.7 Å². The molecule has 0 amide bonds. The van der Waals surface area contributed by atoms with E-state index >= 15 is 0 Å². The summed E-state index contributed by atoms with van der Waals surface area (Å²) in [5, 5.41) is 3.23. The maximum atomic E-state index is 6.10. The van der Waals surface area contributed by atoms with Gasteiger partial charge in [-0.25, -0.2) is 4.98 Å². The van der Waals surface area contributed by atoms with E-state index in [9.17, 15) is 0 Å². The summed E-state index contributed by atoms with van der Waals surface area (Å²) in [4.78, 5) is 14.7. The van der Waals surface area contributed by atoms with Crippen LogP contribution in [-0.4, -0.2) is 15.0 Å². The number of benzene rings is 2. The second kappa shape index (κ2) is 11.0. The third kappa shape index (κ3) is 5.03. The van der Waals surface area contributed by atoms with E-state index in [0.717, 1.165) is 50.0 Å². The fraction of sp³-hybridized carbons (Fsp3) is 0.0938. The topological polar surface area (TPSA) is 51.8 Å². The van der Waals surface area contributed by atoms with Gasteiger partial charge in [-0.2, -0.15) is 0 Å². The molecule has 0 N–H and O–H groups in total. The monoisotopic (exact) mass is 690 g/mol. The minimum absolute atomic E-state index is 0. The van der Waals surface area contributed by atoms with Gasteiger partial charge in [0.25, 0.3) is 0 Å². The molecule has 5 aromatic heterocycles. The van der Waals surface area contributed by atoms with Crippen molar-refractivity contribution in [3.05, 3.63) is 113 Å². The van der Waals surface area contributed by atoms with Gasteiger partial charge in [-0.3, -0.25) is 0 Å². The van der Waals surface area contributed by atoms with Crippen molar-refractivity contribution < 1.29 is 24.5 Å². The first-order chi connectivity index (χ1) is 18.1. The molecular formula is C32H23IrN3OS-2. The number of pyridine rings is 3. The fourth-order valence-electron chi connectivity index (χ4n) is 4.36. The zero-order valence-electron chi connectivity index (χ0n) is 21.1. The molecule has 5 heterocycles. The van der Waals surface area contributed by atoms with Gasteiger partial charge in [0.1, 0.15) is 0 Å². The summed E-state index contributed by atoms with van der Waals surface area (Å²) in [6.07, 6.45) is 3.72. The van der Waals surface area contributed by atoms with Crippen LogP contribution < -0.4 is 0 Å². The second-order valence-corrected chi connectivity index (χ2v) is 10.2. The Morgan fingerprint density at radius 1 is 0.816 bits per heavy atom. The molecule has 1 radical (unpaired) electrons. The molecule has 0 aliphatic rings. The summed E-state index contributed by atoms with van der Waals surface area (Å²) in [5.41, 5.74) is 7.42. The van der Waals surface area contributed by atoms with Gasteiger partial charge in [0.05, 0.1) is 5.58 Å². The van der Waals surface area contributed by atoms with Crippen LogP contribution in [0.2, 0.25) is 0 Å². The first-order valence-corrected chi connectivity index (χ1v) is 12.8. The van der Waals surface area contributed by atoms with E-state index in [0.29, 0.717) is 5.71 Å². The van der Waals surface area contributed by atoms with Crippen molar-refractivity contribution in [2.75, 3.05) is 0 Å². The first kappa shape index (κ1) is 25.9. The molecule has 0 saturated carbocycles. The predicted octanol–water partition coefficient (Wildman–Crippen LogP) is 8.53. The minimum atomic E-state index is 0. The summed E-state index contributed by atoms with van der Waals surface area (Å²) in [6.45, 7) is 6.12. The number of nitrogens with zero attached hydrogens (tertiary/aromatic N) is 3. The van der Waals surface area contributed by atoms with Crippen LogP contribution in [0.15, 0.2) is 89.6 Å². The fourth-order valence-corrected chi connectivity index (χ4v) is 5.28. The average Bonchev–Trinajstić information content (AvgIpc) is 3.49. The zero-order valence-corrected chi connectivity index (χ0v) is 24.3. The summed E-state index contributed by atoms with van der Waals surface area (Å²) >= 11 is 1.78. The van der Waals surface area contributed by atoms with Crippen LogP contribution in [0.4, 0.5) is 0 Å². The standard InChI is InChI=1S/C20H13N2OS.C12H10N.Ir/c1-11-6-7-14-13-4-3-5-15(19(13)23-20(14)22-11)18-16-10-12(2)24-17(16)8-9-21-18;1-10-7-8-12(13-9-10)11-5-3-2-4-6-11;/h3-4,6-10H,1-2H3;2-5,7-9H,1H3;/q2*-1;. The van der Waals surface area contributed by atoms with Crippen LogP contribution in [0.5, 0.6) is 0 Å². The number of thiophene rings is 1. The van der Waals surface area contributed by atoms with Gasteiger partial charge in [0.15, 0.2) is 0 Å². The maximum Gasteiger partial charge on any atom is 0.216 e. The Labute approximate surface area is 238 Å². The van der Waals surface area contributed by atoms with E-state index in [2.05, 4.69) is 58.3 Å². The largest absolute Gasteiger partial charge is 0.486 e. The Bertz CT molecular complexity index is 1860. The van der Waals surface area contributed by atoms with E-state index in [1.54, 1.807) is 11.3 Å². The molecule has 7 aromatic rings. The van der Waals surface area contributed by atoms with Crippen LogP contribution in [-0.2, 0) is 20.1 Å². The van der Waals surface area contributed by atoms with Crippen molar-refractivity contribution in [2.45, 2.75) is 20.8 Å². The predicted molar refractivity (Wildman–Crippen MR) is 152 cm³/mol. The van der Waals surface area contributed by atoms with Gasteiger partial charge in [-0.1, -0.05) is 23.1 Å². The number of aryl methyl sites for hydroxylation is 3. The molecule has 189 valence electrons. The molecule has 0 spiro atoms. The smallest absolute Gasteiger partial charge is 0.216 e. The minimum Gasteiger partial charge on any atom is -0.486 e. The normalized spacial score (nSPS) is 10.8. The number of fused-ring (bicyclic) bond motifs is 4. The summed E-state index contributed by atoms with van der Waals surface area (Å²) in [5.74, 6) is 0. The SMILES string of the molecule is Cc1ccc(-c2[c-]cccc2)nc1.Cc1ccc2c(n1)oc1c(-c3nccc4sc(C)cc34)[c-]ccc12.[Ir]. The van der Waals surface area contributed by atoms with Crippen LogP contribution in [0, 0.1) is 32.9 Å². The molecule has 0 atom stereocenters. The Morgan fingerprint density at radius 2 is 1.71 bits per heavy atom. The summed E-state index contributed by atoms with van der Waals surface area (Å²) in [6, 6.07) is 30.7. The molecule has 0 bridgehead atoms. The summed E-state index contributed by atoms with van der Waals surface area (Å²) in [7, 11) is 0.